The monoisotopic (exact) mass is 521 g/mol. The molecule has 37 heavy (non-hydrogen) atoms. The molecule has 0 radical (unpaired) electrons. The van der Waals surface area contributed by atoms with Gasteiger partial charge in [0.2, 0.25) is 5.91 Å². The van der Waals surface area contributed by atoms with Gasteiger partial charge in [-0.2, -0.15) is 0 Å². The lowest BCUT2D eigenvalue weighted by atomic mass is 10.1. The van der Waals surface area contributed by atoms with E-state index in [2.05, 4.69) is 10.6 Å². The van der Waals surface area contributed by atoms with Crippen molar-refractivity contribution in [3.05, 3.63) is 89.5 Å². The lowest BCUT2D eigenvalue weighted by Crippen LogP contribution is -2.38. The number of rotatable bonds is 9. The molecule has 1 aliphatic heterocycles. The Balaban J connectivity index is 1.55. The van der Waals surface area contributed by atoms with Crippen molar-refractivity contribution >= 4 is 33.2 Å². The molecule has 0 bridgehead atoms. The highest BCUT2D eigenvalue weighted by Gasteiger charge is 2.28. The number of carbonyl (C=O) groups is 2. The van der Waals surface area contributed by atoms with E-state index < -0.39 is 22.5 Å². The van der Waals surface area contributed by atoms with Crippen molar-refractivity contribution in [3.8, 4) is 0 Å². The van der Waals surface area contributed by atoms with E-state index in [1.807, 2.05) is 13.8 Å². The van der Waals surface area contributed by atoms with Gasteiger partial charge in [-0.3, -0.25) is 13.9 Å². The van der Waals surface area contributed by atoms with E-state index in [0.717, 1.165) is 28.3 Å². The molecule has 1 aliphatic rings. The van der Waals surface area contributed by atoms with Gasteiger partial charge in [-0.1, -0.05) is 47.5 Å². The highest BCUT2D eigenvalue weighted by molar-refractivity contribution is 7.92. The van der Waals surface area contributed by atoms with Crippen LogP contribution in [-0.4, -0.2) is 46.0 Å². The van der Waals surface area contributed by atoms with Gasteiger partial charge in [0.15, 0.2) is 0 Å². The molecule has 0 spiro atoms. The number of benzene rings is 3. The SMILES string of the molecule is Cc1ccc(N(CC(=O)Nc2ccccc2C(=O)NC[C@H]2CCCO2)S(=O)(=O)c2ccc(C)cc2)cc1. The summed E-state index contributed by atoms with van der Waals surface area (Å²) in [6, 6.07) is 20.0. The van der Waals surface area contributed by atoms with Gasteiger partial charge in [0.05, 0.1) is 27.9 Å². The number of nitrogens with one attached hydrogen (secondary N) is 2. The Morgan fingerprint density at radius 3 is 2.24 bits per heavy atom. The number of anilines is 2. The Morgan fingerprint density at radius 1 is 0.946 bits per heavy atom. The Bertz CT molecular complexity index is 1350. The fourth-order valence-corrected chi connectivity index (χ4v) is 5.50. The van der Waals surface area contributed by atoms with Gasteiger partial charge in [0, 0.05) is 13.2 Å². The Morgan fingerprint density at radius 2 is 1.59 bits per heavy atom. The van der Waals surface area contributed by atoms with Crippen LogP contribution in [0.25, 0.3) is 0 Å². The first-order valence-corrected chi connectivity index (χ1v) is 13.6. The Labute approximate surface area is 217 Å². The minimum absolute atomic E-state index is 0.0132. The van der Waals surface area contributed by atoms with Gasteiger partial charge in [0.25, 0.3) is 15.9 Å². The van der Waals surface area contributed by atoms with E-state index in [9.17, 15) is 18.0 Å². The normalized spacial score (nSPS) is 15.2. The average molecular weight is 522 g/mol. The summed E-state index contributed by atoms with van der Waals surface area (Å²) in [5.41, 5.74) is 2.84. The highest BCUT2D eigenvalue weighted by Crippen LogP contribution is 2.25. The zero-order valence-corrected chi connectivity index (χ0v) is 21.8. The highest BCUT2D eigenvalue weighted by atomic mass is 32.2. The van der Waals surface area contributed by atoms with Crippen molar-refractivity contribution in [1.29, 1.82) is 0 Å². The van der Waals surface area contributed by atoms with Gasteiger partial charge in [-0.25, -0.2) is 8.42 Å². The van der Waals surface area contributed by atoms with Crippen LogP contribution in [0.3, 0.4) is 0 Å². The minimum Gasteiger partial charge on any atom is -0.376 e. The fourth-order valence-electron chi connectivity index (χ4n) is 4.08. The molecular formula is C28H31N3O5S. The summed E-state index contributed by atoms with van der Waals surface area (Å²) in [5.74, 6) is -0.912. The predicted octanol–water partition coefficient (Wildman–Crippen LogP) is 4.05. The van der Waals surface area contributed by atoms with Crippen LogP contribution in [0.5, 0.6) is 0 Å². The van der Waals surface area contributed by atoms with Crippen molar-refractivity contribution in [2.75, 3.05) is 29.3 Å². The summed E-state index contributed by atoms with van der Waals surface area (Å²) in [6.07, 6.45) is 1.85. The third-order valence-electron chi connectivity index (χ3n) is 6.18. The van der Waals surface area contributed by atoms with Crippen molar-refractivity contribution in [2.24, 2.45) is 0 Å². The van der Waals surface area contributed by atoms with E-state index in [1.54, 1.807) is 60.7 Å². The van der Waals surface area contributed by atoms with Crippen molar-refractivity contribution in [3.63, 3.8) is 0 Å². The predicted molar refractivity (Wildman–Crippen MR) is 143 cm³/mol. The summed E-state index contributed by atoms with van der Waals surface area (Å²) in [7, 11) is -4.04. The van der Waals surface area contributed by atoms with Crippen LogP contribution >= 0.6 is 0 Å². The number of hydrogen-bond acceptors (Lipinski definition) is 5. The molecule has 9 heteroatoms. The zero-order valence-electron chi connectivity index (χ0n) is 20.9. The van der Waals surface area contributed by atoms with Gasteiger partial charge in [-0.05, 0) is 63.1 Å². The number of amides is 2. The second kappa shape index (κ2) is 11.6. The lowest BCUT2D eigenvalue weighted by Gasteiger charge is -2.24. The second-order valence-corrected chi connectivity index (χ2v) is 11.0. The van der Waals surface area contributed by atoms with E-state index in [-0.39, 0.29) is 22.5 Å². The molecule has 0 unspecified atom stereocenters. The first-order valence-electron chi connectivity index (χ1n) is 12.2. The maximum atomic E-state index is 13.6. The Kier molecular flexibility index (Phi) is 8.25. The standard InChI is InChI=1S/C28H31N3O5S/c1-20-9-13-22(14-10-20)31(37(34,35)24-15-11-21(2)12-16-24)19-27(32)30-26-8-4-3-7-25(26)28(33)29-18-23-6-5-17-36-23/h3-4,7-16,23H,5-6,17-19H2,1-2H3,(H,29,33)(H,30,32)/t23-/m1/s1. The second-order valence-electron chi connectivity index (χ2n) is 9.10. The summed E-state index contributed by atoms with van der Waals surface area (Å²) in [4.78, 5) is 26.1. The van der Waals surface area contributed by atoms with E-state index in [0.29, 0.717) is 24.5 Å². The number of ether oxygens (including phenoxy) is 1. The maximum absolute atomic E-state index is 13.6. The molecule has 3 aromatic rings. The van der Waals surface area contributed by atoms with Crippen LogP contribution in [0.2, 0.25) is 0 Å². The lowest BCUT2D eigenvalue weighted by molar-refractivity contribution is -0.114. The smallest absolute Gasteiger partial charge is 0.264 e. The molecule has 3 aromatic carbocycles. The molecular weight excluding hydrogens is 490 g/mol. The number of para-hydroxylation sites is 1. The number of hydrogen-bond donors (Lipinski definition) is 2. The van der Waals surface area contributed by atoms with Crippen LogP contribution in [0.1, 0.15) is 34.3 Å². The third kappa shape index (κ3) is 6.55. The van der Waals surface area contributed by atoms with Gasteiger partial charge >= 0.3 is 0 Å². The third-order valence-corrected chi connectivity index (χ3v) is 7.97. The maximum Gasteiger partial charge on any atom is 0.264 e. The number of carbonyl (C=O) groups excluding carboxylic acids is 2. The van der Waals surface area contributed by atoms with Gasteiger partial charge in [0.1, 0.15) is 6.54 Å². The molecule has 1 fully saturated rings. The van der Waals surface area contributed by atoms with Crippen LogP contribution in [-0.2, 0) is 19.6 Å². The molecule has 4 rings (SSSR count). The first kappa shape index (κ1) is 26.4. The molecule has 1 atom stereocenters. The summed E-state index contributed by atoms with van der Waals surface area (Å²) in [5, 5.41) is 5.58. The minimum atomic E-state index is -4.04. The quantitative estimate of drug-likeness (QED) is 0.442. The Hall–Kier alpha value is -3.69. The van der Waals surface area contributed by atoms with Crippen molar-refractivity contribution in [1.82, 2.24) is 5.32 Å². The van der Waals surface area contributed by atoms with Crippen LogP contribution < -0.4 is 14.9 Å². The van der Waals surface area contributed by atoms with E-state index in [1.165, 1.54) is 12.1 Å². The summed E-state index contributed by atoms with van der Waals surface area (Å²) in [6.45, 7) is 4.38. The zero-order chi connectivity index (χ0) is 26.4. The molecule has 194 valence electrons. The summed E-state index contributed by atoms with van der Waals surface area (Å²) >= 11 is 0. The molecule has 8 nitrogen and oxygen atoms in total. The van der Waals surface area contributed by atoms with E-state index in [4.69, 9.17) is 4.74 Å². The molecule has 0 saturated carbocycles. The average Bonchev–Trinajstić information content (AvgIpc) is 3.41. The van der Waals surface area contributed by atoms with Crippen molar-refractivity contribution in [2.45, 2.75) is 37.7 Å². The van der Waals surface area contributed by atoms with Crippen molar-refractivity contribution < 1.29 is 22.7 Å². The number of aryl methyl sites for hydroxylation is 2. The number of nitrogens with zero attached hydrogens (tertiary/aromatic N) is 1. The van der Waals surface area contributed by atoms with Gasteiger partial charge < -0.3 is 15.4 Å². The largest absolute Gasteiger partial charge is 0.376 e. The molecule has 2 amide bonds. The topological polar surface area (TPSA) is 105 Å². The molecule has 1 heterocycles. The number of sulfonamides is 1. The molecule has 0 aliphatic carbocycles. The molecule has 1 saturated heterocycles. The summed E-state index contributed by atoms with van der Waals surface area (Å²) < 4.78 is 33.8. The van der Waals surface area contributed by atoms with Crippen LogP contribution in [0.15, 0.2) is 77.7 Å². The van der Waals surface area contributed by atoms with Crippen LogP contribution in [0.4, 0.5) is 11.4 Å². The van der Waals surface area contributed by atoms with E-state index >= 15 is 0 Å². The fraction of sp³-hybridized carbons (Fsp3) is 0.286. The molecule has 2 N–H and O–H groups in total. The van der Waals surface area contributed by atoms with Crippen LogP contribution in [0, 0.1) is 13.8 Å². The molecule has 0 aromatic heterocycles. The van der Waals surface area contributed by atoms with Gasteiger partial charge in [-0.15, -0.1) is 0 Å². The first-order chi connectivity index (χ1) is 17.7.